The Balaban J connectivity index is 1.80. The molecule has 1 saturated carbocycles. The van der Waals surface area contributed by atoms with Gasteiger partial charge in [0.25, 0.3) is 11.6 Å². The van der Waals surface area contributed by atoms with Crippen molar-refractivity contribution < 1.29 is 14.1 Å². The molecule has 0 aliphatic heterocycles. The summed E-state index contributed by atoms with van der Waals surface area (Å²) in [6.45, 7) is 0. The van der Waals surface area contributed by atoms with Crippen molar-refractivity contribution in [2.24, 2.45) is 0 Å². The zero-order chi connectivity index (χ0) is 20.1. The van der Waals surface area contributed by atoms with Crippen molar-refractivity contribution in [3.8, 4) is 17.4 Å². The van der Waals surface area contributed by atoms with Crippen LogP contribution in [0.3, 0.4) is 0 Å². The first-order valence-corrected chi connectivity index (χ1v) is 9.32. The molecule has 3 rings (SSSR count). The second-order valence-corrected chi connectivity index (χ2v) is 7.01. The molecule has 0 unspecified atom stereocenters. The number of furan rings is 1. The van der Waals surface area contributed by atoms with E-state index < -0.39 is 10.8 Å². The third-order valence-corrected chi connectivity index (χ3v) is 4.97. The first-order valence-electron chi connectivity index (χ1n) is 8.94. The molecule has 1 amide bonds. The summed E-state index contributed by atoms with van der Waals surface area (Å²) in [7, 11) is 0. The summed E-state index contributed by atoms with van der Waals surface area (Å²) in [5, 5.41) is 23.5. The zero-order valence-corrected chi connectivity index (χ0v) is 15.7. The van der Waals surface area contributed by atoms with Gasteiger partial charge in [0.15, 0.2) is 0 Å². The van der Waals surface area contributed by atoms with Gasteiger partial charge in [-0.2, -0.15) is 5.26 Å². The molecule has 1 heterocycles. The summed E-state index contributed by atoms with van der Waals surface area (Å²) in [6.07, 6.45) is 6.50. The van der Waals surface area contributed by atoms with Gasteiger partial charge >= 0.3 is 0 Å². The molecule has 1 aliphatic carbocycles. The van der Waals surface area contributed by atoms with Crippen LogP contribution < -0.4 is 5.32 Å². The van der Waals surface area contributed by atoms with E-state index in [0.717, 1.165) is 25.7 Å². The van der Waals surface area contributed by atoms with Crippen LogP contribution in [0.4, 0.5) is 5.69 Å². The van der Waals surface area contributed by atoms with Crippen molar-refractivity contribution in [2.45, 2.75) is 38.1 Å². The summed E-state index contributed by atoms with van der Waals surface area (Å²) >= 11 is 6.12. The Kier molecular flexibility index (Phi) is 6.12. The number of hydrogen-bond donors (Lipinski definition) is 1. The first-order chi connectivity index (χ1) is 13.5. The molecule has 1 aliphatic rings. The molecule has 7 nitrogen and oxygen atoms in total. The number of rotatable bonds is 5. The van der Waals surface area contributed by atoms with Crippen molar-refractivity contribution in [1.82, 2.24) is 5.32 Å². The van der Waals surface area contributed by atoms with Gasteiger partial charge in [-0.05, 0) is 31.0 Å². The molecule has 0 spiro atoms. The molecule has 0 radical (unpaired) electrons. The molecule has 0 atom stereocenters. The van der Waals surface area contributed by atoms with Crippen molar-refractivity contribution in [2.75, 3.05) is 0 Å². The van der Waals surface area contributed by atoms with E-state index in [0.29, 0.717) is 16.3 Å². The van der Waals surface area contributed by atoms with Gasteiger partial charge < -0.3 is 9.73 Å². The lowest BCUT2D eigenvalue weighted by molar-refractivity contribution is -0.384. The Morgan fingerprint density at radius 3 is 2.71 bits per heavy atom. The van der Waals surface area contributed by atoms with Gasteiger partial charge in [0.05, 0.1) is 9.95 Å². The van der Waals surface area contributed by atoms with Gasteiger partial charge in [0.1, 0.15) is 23.2 Å². The number of hydrogen-bond acceptors (Lipinski definition) is 5. The monoisotopic (exact) mass is 399 g/mol. The van der Waals surface area contributed by atoms with E-state index in [2.05, 4.69) is 5.32 Å². The van der Waals surface area contributed by atoms with Gasteiger partial charge in [-0.15, -0.1) is 0 Å². The molecule has 2 aromatic rings. The Labute approximate surface area is 166 Å². The Hall–Kier alpha value is -3.11. The number of nitro benzene ring substituents is 1. The van der Waals surface area contributed by atoms with Gasteiger partial charge in [0.2, 0.25) is 0 Å². The molecule has 28 heavy (non-hydrogen) atoms. The second-order valence-electron chi connectivity index (χ2n) is 6.60. The number of carbonyl (C=O) groups is 1. The topological polar surface area (TPSA) is 109 Å². The van der Waals surface area contributed by atoms with Crippen LogP contribution in [0.5, 0.6) is 0 Å². The van der Waals surface area contributed by atoms with E-state index in [1.165, 1.54) is 30.7 Å². The van der Waals surface area contributed by atoms with Crippen LogP contribution in [0.15, 0.2) is 40.3 Å². The van der Waals surface area contributed by atoms with Crippen molar-refractivity contribution in [3.63, 3.8) is 0 Å². The van der Waals surface area contributed by atoms with Crippen molar-refractivity contribution in [1.29, 1.82) is 5.26 Å². The molecule has 1 fully saturated rings. The molecular weight excluding hydrogens is 382 g/mol. The fourth-order valence-electron chi connectivity index (χ4n) is 3.19. The SMILES string of the molecule is N#CC(=Cc1ccc(-c2cc([N+](=O)[O-])ccc2Cl)o1)C(=O)NC1CCCCC1. The van der Waals surface area contributed by atoms with Gasteiger partial charge in [-0.25, -0.2) is 0 Å². The van der Waals surface area contributed by atoms with Crippen LogP contribution in [0.1, 0.15) is 37.9 Å². The minimum absolute atomic E-state index is 0.0587. The standard InChI is InChI=1S/C20H18ClN3O4/c21-18-8-6-15(24(26)27)11-17(18)19-9-7-16(28-19)10-13(12-22)20(25)23-14-4-2-1-3-5-14/h6-11,14H,1-5H2,(H,23,25). The Morgan fingerprint density at radius 1 is 1.29 bits per heavy atom. The predicted octanol–water partition coefficient (Wildman–Crippen LogP) is 4.86. The largest absolute Gasteiger partial charge is 0.457 e. The predicted molar refractivity (Wildman–Crippen MR) is 104 cm³/mol. The summed E-state index contributed by atoms with van der Waals surface area (Å²) < 4.78 is 5.64. The number of nitrogens with zero attached hydrogens (tertiary/aromatic N) is 2. The highest BCUT2D eigenvalue weighted by atomic mass is 35.5. The third kappa shape index (κ3) is 4.59. The number of nitrogens with one attached hydrogen (secondary N) is 1. The molecular formula is C20H18ClN3O4. The van der Waals surface area contributed by atoms with Crippen LogP contribution in [-0.4, -0.2) is 16.9 Å². The highest BCUT2D eigenvalue weighted by molar-refractivity contribution is 6.33. The lowest BCUT2D eigenvalue weighted by Crippen LogP contribution is -2.36. The van der Waals surface area contributed by atoms with Crippen LogP contribution >= 0.6 is 11.6 Å². The number of nitriles is 1. The van der Waals surface area contributed by atoms with Crippen molar-refractivity contribution in [3.05, 3.63) is 56.8 Å². The van der Waals surface area contributed by atoms with E-state index in [-0.39, 0.29) is 23.1 Å². The van der Waals surface area contributed by atoms with E-state index in [9.17, 15) is 20.2 Å². The number of non-ortho nitro benzene ring substituents is 1. The number of halogens is 1. The van der Waals surface area contributed by atoms with Crippen LogP contribution in [0.25, 0.3) is 17.4 Å². The maximum absolute atomic E-state index is 12.4. The molecule has 0 saturated heterocycles. The van der Waals surface area contributed by atoms with Crippen LogP contribution in [0, 0.1) is 21.4 Å². The molecule has 144 valence electrons. The normalized spacial score (nSPS) is 15.1. The van der Waals surface area contributed by atoms with E-state index in [4.69, 9.17) is 16.0 Å². The van der Waals surface area contributed by atoms with Gasteiger partial charge in [-0.3, -0.25) is 14.9 Å². The molecule has 1 aromatic heterocycles. The Bertz CT molecular complexity index is 968. The summed E-state index contributed by atoms with van der Waals surface area (Å²) in [5.41, 5.74) is 0.190. The average Bonchev–Trinajstić information content (AvgIpc) is 3.15. The van der Waals surface area contributed by atoms with Crippen LogP contribution in [0.2, 0.25) is 5.02 Å². The zero-order valence-electron chi connectivity index (χ0n) is 15.0. The smallest absolute Gasteiger partial charge is 0.270 e. The maximum atomic E-state index is 12.4. The quantitative estimate of drug-likeness (QED) is 0.334. The molecule has 8 heteroatoms. The maximum Gasteiger partial charge on any atom is 0.270 e. The molecule has 0 bridgehead atoms. The summed E-state index contributed by atoms with van der Waals surface area (Å²) in [6, 6.07) is 9.20. The highest BCUT2D eigenvalue weighted by Gasteiger charge is 2.19. The fourth-order valence-corrected chi connectivity index (χ4v) is 3.40. The fraction of sp³-hybridized carbons (Fsp3) is 0.300. The summed E-state index contributed by atoms with van der Waals surface area (Å²) in [5.74, 6) is 0.165. The molecule has 1 aromatic carbocycles. The minimum Gasteiger partial charge on any atom is -0.457 e. The number of amides is 1. The van der Waals surface area contributed by atoms with Gasteiger partial charge in [-0.1, -0.05) is 30.9 Å². The lowest BCUT2D eigenvalue weighted by Gasteiger charge is -2.22. The minimum atomic E-state index is -0.521. The first kappa shape index (κ1) is 19.6. The number of carbonyl (C=O) groups excluding carboxylic acids is 1. The average molecular weight is 400 g/mol. The van der Waals surface area contributed by atoms with Gasteiger partial charge in [0, 0.05) is 29.8 Å². The van der Waals surface area contributed by atoms with E-state index in [1.807, 2.05) is 6.07 Å². The highest BCUT2D eigenvalue weighted by Crippen LogP contribution is 2.33. The van der Waals surface area contributed by atoms with E-state index >= 15 is 0 Å². The van der Waals surface area contributed by atoms with E-state index in [1.54, 1.807) is 12.1 Å². The number of benzene rings is 1. The third-order valence-electron chi connectivity index (χ3n) is 4.65. The molecule has 1 N–H and O–H groups in total. The van der Waals surface area contributed by atoms with Crippen LogP contribution in [-0.2, 0) is 4.79 Å². The lowest BCUT2D eigenvalue weighted by atomic mass is 9.95. The summed E-state index contributed by atoms with van der Waals surface area (Å²) in [4.78, 5) is 22.8. The Morgan fingerprint density at radius 2 is 2.04 bits per heavy atom. The number of nitro groups is 1. The van der Waals surface area contributed by atoms with Crippen molar-refractivity contribution >= 4 is 29.3 Å². The second kappa shape index (κ2) is 8.72.